The van der Waals surface area contributed by atoms with Gasteiger partial charge in [0.15, 0.2) is 6.29 Å². The van der Waals surface area contributed by atoms with Crippen LogP contribution in [0.1, 0.15) is 33.6 Å². The number of allylic oxidation sites excluding steroid dienone is 1. The molecule has 2 heteroatoms. The van der Waals surface area contributed by atoms with E-state index in [9.17, 15) is 0 Å². The molecule has 0 fully saturated rings. The molecule has 0 aromatic rings. The molecule has 2 N–H and O–H groups in total. The Labute approximate surface area is 73.9 Å². The molecule has 0 radical (unpaired) electrons. The summed E-state index contributed by atoms with van der Waals surface area (Å²) in [5, 5.41) is 18.2. The predicted octanol–water partition coefficient (Wildman–Crippen LogP) is 1.68. The van der Waals surface area contributed by atoms with Crippen molar-refractivity contribution in [1.82, 2.24) is 0 Å². The van der Waals surface area contributed by atoms with E-state index in [1.807, 2.05) is 6.92 Å². The highest BCUT2D eigenvalue weighted by Gasteiger charge is 2.31. The van der Waals surface area contributed by atoms with Gasteiger partial charge < -0.3 is 10.2 Å². The van der Waals surface area contributed by atoms with Crippen LogP contribution < -0.4 is 0 Å². The van der Waals surface area contributed by atoms with E-state index in [2.05, 4.69) is 19.9 Å². The fraction of sp³-hybridized carbons (Fsp3) is 0.800. The van der Waals surface area contributed by atoms with Crippen molar-refractivity contribution in [3.8, 4) is 0 Å². The normalized spacial score (nSPS) is 28.8. The van der Waals surface area contributed by atoms with Crippen molar-refractivity contribution in [3.63, 3.8) is 0 Å². The van der Waals surface area contributed by atoms with Crippen LogP contribution in [0.15, 0.2) is 11.6 Å². The van der Waals surface area contributed by atoms with Crippen LogP contribution in [0.4, 0.5) is 0 Å². The van der Waals surface area contributed by atoms with Crippen LogP contribution in [0.3, 0.4) is 0 Å². The van der Waals surface area contributed by atoms with Crippen LogP contribution in [0, 0.1) is 11.3 Å². The number of aliphatic hydroxyl groups excluding tert-OH is 1. The van der Waals surface area contributed by atoms with Crippen LogP contribution in [-0.2, 0) is 0 Å². The lowest BCUT2D eigenvalue weighted by molar-refractivity contribution is -0.0845. The van der Waals surface area contributed by atoms with Gasteiger partial charge in [-0.15, -0.1) is 0 Å². The van der Waals surface area contributed by atoms with Crippen LogP contribution in [0.5, 0.6) is 0 Å². The zero-order valence-corrected chi connectivity index (χ0v) is 8.04. The molecule has 2 nitrogen and oxygen atoms in total. The molecule has 70 valence electrons. The second kappa shape index (κ2) is 3.19. The van der Waals surface area contributed by atoms with Gasteiger partial charge in [-0.3, -0.25) is 0 Å². The predicted molar refractivity (Wildman–Crippen MR) is 48.5 cm³/mol. The molecule has 0 aromatic heterocycles. The third-order valence-corrected chi connectivity index (χ3v) is 2.69. The third-order valence-electron chi connectivity index (χ3n) is 2.69. The van der Waals surface area contributed by atoms with E-state index in [0.29, 0.717) is 0 Å². The number of hydrogen-bond donors (Lipinski definition) is 2. The summed E-state index contributed by atoms with van der Waals surface area (Å²) in [6, 6.07) is 0. The summed E-state index contributed by atoms with van der Waals surface area (Å²) in [5.74, 6) is -0.0613. The molecule has 0 aliphatic heterocycles. The second-order valence-electron chi connectivity index (χ2n) is 4.54. The van der Waals surface area contributed by atoms with Crippen LogP contribution >= 0.6 is 0 Å². The van der Waals surface area contributed by atoms with Crippen molar-refractivity contribution in [2.75, 3.05) is 0 Å². The van der Waals surface area contributed by atoms with Gasteiger partial charge in [0.2, 0.25) is 0 Å². The quantitative estimate of drug-likeness (QED) is 0.464. The Morgan fingerprint density at radius 1 is 1.50 bits per heavy atom. The molecule has 0 spiro atoms. The molecule has 1 atom stereocenters. The smallest absolute Gasteiger partial charge is 0.158 e. The first kappa shape index (κ1) is 9.75. The third kappa shape index (κ3) is 2.08. The van der Waals surface area contributed by atoms with Crippen molar-refractivity contribution >= 4 is 0 Å². The largest absolute Gasteiger partial charge is 0.368 e. The SMILES string of the molecule is CC1=CCC(C)(C)CC1C(O)O. The maximum Gasteiger partial charge on any atom is 0.158 e. The molecular weight excluding hydrogens is 152 g/mol. The monoisotopic (exact) mass is 170 g/mol. The minimum atomic E-state index is -1.19. The molecule has 1 aliphatic rings. The average molecular weight is 170 g/mol. The lowest BCUT2D eigenvalue weighted by Gasteiger charge is -2.34. The summed E-state index contributed by atoms with van der Waals surface area (Å²) >= 11 is 0. The summed E-state index contributed by atoms with van der Waals surface area (Å²) in [4.78, 5) is 0. The van der Waals surface area contributed by atoms with Crippen LogP contribution in [0.2, 0.25) is 0 Å². The zero-order chi connectivity index (χ0) is 9.35. The summed E-state index contributed by atoms with van der Waals surface area (Å²) in [6.45, 7) is 6.29. The lowest BCUT2D eigenvalue weighted by atomic mass is 9.73. The molecule has 0 saturated carbocycles. The molecule has 0 bridgehead atoms. The number of rotatable bonds is 1. The van der Waals surface area contributed by atoms with E-state index in [-0.39, 0.29) is 11.3 Å². The minimum absolute atomic E-state index is 0.0613. The van der Waals surface area contributed by atoms with Crippen LogP contribution in [0.25, 0.3) is 0 Å². The second-order valence-corrected chi connectivity index (χ2v) is 4.54. The van der Waals surface area contributed by atoms with E-state index in [1.165, 1.54) is 0 Å². The molecule has 0 saturated heterocycles. The Kier molecular flexibility index (Phi) is 2.59. The van der Waals surface area contributed by atoms with Gasteiger partial charge in [0.1, 0.15) is 0 Å². The first-order valence-electron chi connectivity index (χ1n) is 4.45. The lowest BCUT2D eigenvalue weighted by Crippen LogP contribution is -2.30. The molecule has 0 amide bonds. The minimum Gasteiger partial charge on any atom is -0.368 e. The van der Waals surface area contributed by atoms with Crippen LogP contribution in [-0.4, -0.2) is 16.5 Å². The van der Waals surface area contributed by atoms with Gasteiger partial charge in [-0.1, -0.05) is 25.5 Å². The molecule has 1 rings (SSSR count). The molecule has 1 unspecified atom stereocenters. The average Bonchev–Trinajstić information content (AvgIpc) is 1.94. The Balaban J connectivity index is 2.75. The van der Waals surface area contributed by atoms with E-state index in [1.54, 1.807) is 0 Å². The highest BCUT2D eigenvalue weighted by atomic mass is 16.5. The maximum atomic E-state index is 9.09. The Morgan fingerprint density at radius 2 is 2.08 bits per heavy atom. The van der Waals surface area contributed by atoms with Crippen molar-refractivity contribution in [3.05, 3.63) is 11.6 Å². The standard InChI is InChI=1S/C10H18O2/c1-7-4-5-10(2,3)6-8(7)9(11)12/h4,8-9,11-12H,5-6H2,1-3H3. The van der Waals surface area contributed by atoms with Crippen molar-refractivity contribution < 1.29 is 10.2 Å². The topological polar surface area (TPSA) is 40.5 Å². The Bertz CT molecular complexity index is 192. The maximum absolute atomic E-state index is 9.09. The van der Waals surface area contributed by atoms with E-state index >= 15 is 0 Å². The molecular formula is C10H18O2. The van der Waals surface area contributed by atoms with E-state index < -0.39 is 6.29 Å². The first-order chi connectivity index (χ1) is 5.42. The van der Waals surface area contributed by atoms with Gasteiger partial charge in [0.05, 0.1) is 0 Å². The van der Waals surface area contributed by atoms with Gasteiger partial charge in [-0.2, -0.15) is 0 Å². The number of hydrogen-bond acceptors (Lipinski definition) is 2. The van der Waals surface area contributed by atoms with Crippen molar-refractivity contribution in [1.29, 1.82) is 0 Å². The molecule has 12 heavy (non-hydrogen) atoms. The molecule has 1 aliphatic carbocycles. The summed E-state index contributed by atoms with van der Waals surface area (Å²) in [5.41, 5.74) is 1.33. The fourth-order valence-electron chi connectivity index (χ4n) is 1.77. The molecule has 0 heterocycles. The summed E-state index contributed by atoms with van der Waals surface area (Å²) in [6.07, 6.45) is 2.84. The summed E-state index contributed by atoms with van der Waals surface area (Å²) in [7, 11) is 0. The fourth-order valence-corrected chi connectivity index (χ4v) is 1.77. The first-order valence-corrected chi connectivity index (χ1v) is 4.45. The highest BCUT2D eigenvalue weighted by molar-refractivity contribution is 5.11. The number of aliphatic hydroxyl groups is 2. The summed E-state index contributed by atoms with van der Waals surface area (Å²) < 4.78 is 0. The van der Waals surface area contributed by atoms with Gasteiger partial charge in [-0.05, 0) is 25.2 Å². The molecule has 0 aromatic carbocycles. The van der Waals surface area contributed by atoms with E-state index in [0.717, 1.165) is 18.4 Å². The van der Waals surface area contributed by atoms with Crippen molar-refractivity contribution in [2.24, 2.45) is 11.3 Å². The van der Waals surface area contributed by atoms with E-state index in [4.69, 9.17) is 10.2 Å². The van der Waals surface area contributed by atoms with Gasteiger partial charge in [0, 0.05) is 5.92 Å². The van der Waals surface area contributed by atoms with Gasteiger partial charge in [-0.25, -0.2) is 0 Å². The zero-order valence-electron chi connectivity index (χ0n) is 8.04. The Morgan fingerprint density at radius 3 is 2.50 bits per heavy atom. The Hall–Kier alpha value is -0.340. The van der Waals surface area contributed by atoms with Gasteiger partial charge >= 0.3 is 0 Å². The van der Waals surface area contributed by atoms with Gasteiger partial charge in [0.25, 0.3) is 0 Å². The van der Waals surface area contributed by atoms with Crippen molar-refractivity contribution in [2.45, 2.75) is 39.9 Å². The highest BCUT2D eigenvalue weighted by Crippen LogP contribution is 2.38.